The van der Waals surface area contributed by atoms with Gasteiger partial charge in [-0.05, 0) is 31.6 Å². The van der Waals surface area contributed by atoms with Crippen molar-refractivity contribution in [2.24, 2.45) is 11.8 Å². The van der Waals surface area contributed by atoms with Crippen LogP contribution in [0.5, 0.6) is 0 Å². The standard InChI is InChI=1S/C16H18N2O5/c19-12-5-6-13(20)17(12)9-10-1-3-11(4-2-10)16(23)18-14(21)7-8-15(18)22/h5-6,10-11H,1-4,7-9H2. The van der Waals surface area contributed by atoms with Crippen LogP contribution < -0.4 is 0 Å². The second-order valence-corrected chi connectivity index (χ2v) is 6.30. The van der Waals surface area contributed by atoms with Crippen LogP contribution in [0.15, 0.2) is 12.2 Å². The van der Waals surface area contributed by atoms with Crippen molar-refractivity contribution in [1.82, 2.24) is 9.80 Å². The topological polar surface area (TPSA) is 91.8 Å². The Bertz CT molecular complexity index is 582. The molecular formula is C16H18N2O5. The van der Waals surface area contributed by atoms with E-state index in [0.29, 0.717) is 32.2 Å². The van der Waals surface area contributed by atoms with Crippen LogP contribution in [0.3, 0.4) is 0 Å². The molecule has 23 heavy (non-hydrogen) atoms. The zero-order chi connectivity index (χ0) is 16.6. The number of amides is 5. The third-order valence-corrected chi connectivity index (χ3v) is 4.81. The minimum Gasteiger partial charge on any atom is -0.275 e. The lowest BCUT2D eigenvalue weighted by Crippen LogP contribution is -2.42. The number of rotatable bonds is 3. The van der Waals surface area contributed by atoms with Gasteiger partial charge in [0.15, 0.2) is 0 Å². The van der Waals surface area contributed by atoms with E-state index in [1.165, 1.54) is 17.1 Å². The first-order valence-electron chi connectivity index (χ1n) is 7.90. The molecule has 0 bridgehead atoms. The van der Waals surface area contributed by atoms with Gasteiger partial charge in [-0.2, -0.15) is 0 Å². The molecule has 1 saturated carbocycles. The maximum atomic E-state index is 12.3. The highest BCUT2D eigenvalue weighted by Gasteiger charge is 2.39. The van der Waals surface area contributed by atoms with E-state index in [4.69, 9.17) is 0 Å². The van der Waals surface area contributed by atoms with Gasteiger partial charge in [0.1, 0.15) is 0 Å². The number of imide groups is 4. The Morgan fingerprint density at radius 3 is 1.96 bits per heavy atom. The summed E-state index contributed by atoms with van der Waals surface area (Å²) in [6, 6.07) is 0. The Morgan fingerprint density at radius 2 is 1.43 bits per heavy atom. The van der Waals surface area contributed by atoms with Crippen molar-refractivity contribution in [1.29, 1.82) is 0 Å². The molecule has 3 aliphatic rings. The third kappa shape index (κ3) is 2.95. The zero-order valence-electron chi connectivity index (χ0n) is 12.7. The molecule has 3 rings (SSSR count). The molecule has 0 aromatic heterocycles. The Morgan fingerprint density at radius 1 is 0.913 bits per heavy atom. The van der Waals surface area contributed by atoms with E-state index in [9.17, 15) is 24.0 Å². The number of hydrogen-bond acceptors (Lipinski definition) is 5. The molecule has 0 aromatic carbocycles. The molecule has 122 valence electrons. The first-order chi connectivity index (χ1) is 11.0. The fraction of sp³-hybridized carbons (Fsp3) is 0.562. The molecule has 5 amide bonds. The monoisotopic (exact) mass is 318 g/mol. The van der Waals surface area contributed by atoms with Gasteiger partial charge in [-0.25, -0.2) is 4.90 Å². The summed E-state index contributed by atoms with van der Waals surface area (Å²) in [6.07, 6.45) is 5.31. The quantitative estimate of drug-likeness (QED) is 0.702. The molecule has 0 radical (unpaired) electrons. The maximum Gasteiger partial charge on any atom is 0.253 e. The van der Waals surface area contributed by atoms with Crippen molar-refractivity contribution in [3.8, 4) is 0 Å². The smallest absolute Gasteiger partial charge is 0.253 e. The Hall–Kier alpha value is -2.31. The second-order valence-electron chi connectivity index (χ2n) is 6.30. The summed E-state index contributed by atoms with van der Waals surface area (Å²) >= 11 is 0. The van der Waals surface area contributed by atoms with Gasteiger partial charge in [0.25, 0.3) is 11.8 Å². The molecule has 0 aromatic rings. The summed E-state index contributed by atoms with van der Waals surface area (Å²) in [5.41, 5.74) is 0. The van der Waals surface area contributed by atoms with E-state index >= 15 is 0 Å². The van der Waals surface area contributed by atoms with E-state index in [1.807, 2.05) is 0 Å². The number of likely N-dealkylation sites (tertiary alicyclic amines) is 1. The molecule has 2 heterocycles. The molecule has 0 spiro atoms. The highest BCUT2D eigenvalue weighted by Crippen LogP contribution is 2.32. The van der Waals surface area contributed by atoms with Crippen LogP contribution in [-0.4, -0.2) is 45.9 Å². The van der Waals surface area contributed by atoms with E-state index in [1.54, 1.807) is 0 Å². The van der Waals surface area contributed by atoms with Gasteiger partial charge in [0.2, 0.25) is 17.7 Å². The number of nitrogens with zero attached hydrogens (tertiary/aromatic N) is 2. The minimum atomic E-state index is -0.401. The molecule has 7 nitrogen and oxygen atoms in total. The first kappa shape index (κ1) is 15.6. The van der Waals surface area contributed by atoms with Gasteiger partial charge in [0, 0.05) is 37.5 Å². The summed E-state index contributed by atoms with van der Waals surface area (Å²) < 4.78 is 0. The summed E-state index contributed by atoms with van der Waals surface area (Å²) in [6.45, 7) is 0.368. The van der Waals surface area contributed by atoms with Crippen molar-refractivity contribution in [2.45, 2.75) is 38.5 Å². The fourth-order valence-corrected chi connectivity index (χ4v) is 3.47. The highest BCUT2D eigenvalue weighted by atomic mass is 16.2. The molecule has 0 unspecified atom stereocenters. The SMILES string of the molecule is O=C1C=CC(=O)N1CC1CCC(C(=O)N2C(=O)CCC2=O)CC1. The van der Waals surface area contributed by atoms with Crippen LogP contribution in [0.1, 0.15) is 38.5 Å². The van der Waals surface area contributed by atoms with Crippen LogP contribution in [0.2, 0.25) is 0 Å². The van der Waals surface area contributed by atoms with E-state index in [2.05, 4.69) is 0 Å². The van der Waals surface area contributed by atoms with Crippen molar-refractivity contribution in [3.05, 3.63) is 12.2 Å². The number of carbonyl (C=O) groups excluding carboxylic acids is 5. The van der Waals surface area contributed by atoms with Gasteiger partial charge in [0.05, 0.1) is 0 Å². The number of hydrogen-bond donors (Lipinski definition) is 0. The second kappa shape index (κ2) is 6.06. The molecule has 1 aliphatic carbocycles. The van der Waals surface area contributed by atoms with Crippen molar-refractivity contribution in [3.63, 3.8) is 0 Å². The Labute approximate surface area is 133 Å². The summed E-state index contributed by atoms with van der Waals surface area (Å²) in [5, 5.41) is 0. The molecule has 2 aliphatic heterocycles. The van der Waals surface area contributed by atoms with Crippen molar-refractivity contribution in [2.75, 3.05) is 6.54 Å². The van der Waals surface area contributed by atoms with E-state index in [0.717, 1.165) is 4.90 Å². The van der Waals surface area contributed by atoms with Crippen LogP contribution in [0.4, 0.5) is 0 Å². The van der Waals surface area contributed by atoms with Crippen LogP contribution in [0.25, 0.3) is 0 Å². The van der Waals surface area contributed by atoms with Crippen LogP contribution >= 0.6 is 0 Å². The van der Waals surface area contributed by atoms with Crippen molar-refractivity contribution < 1.29 is 24.0 Å². The third-order valence-electron chi connectivity index (χ3n) is 4.81. The number of carbonyl (C=O) groups is 5. The van der Waals surface area contributed by atoms with E-state index < -0.39 is 11.8 Å². The molecule has 7 heteroatoms. The summed E-state index contributed by atoms with van der Waals surface area (Å²) in [5.74, 6) is -1.92. The largest absolute Gasteiger partial charge is 0.275 e. The molecule has 0 atom stereocenters. The highest BCUT2D eigenvalue weighted by molar-refractivity contribution is 6.15. The average Bonchev–Trinajstić information content (AvgIpc) is 3.03. The first-order valence-corrected chi connectivity index (χ1v) is 7.90. The molecular weight excluding hydrogens is 300 g/mol. The van der Waals surface area contributed by atoms with Crippen LogP contribution in [-0.2, 0) is 24.0 Å². The normalized spacial score (nSPS) is 28.2. The molecule has 1 saturated heterocycles. The zero-order valence-corrected chi connectivity index (χ0v) is 12.7. The minimum absolute atomic E-state index is 0.117. The van der Waals surface area contributed by atoms with Gasteiger partial charge in [-0.1, -0.05) is 0 Å². The average molecular weight is 318 g/mol. The maximum absolute atomic E-state index is 12.3. The predicted octanol–water partition coefficient (Wildman–Crippen LogP) is 0.393. The summed E-state index contributed by atoms with van der Waals surface area (Å²) in [4.78, 5) is 60.7. The predicted molar refractivity (Wildman–Crippen MR) is 77.4 cm³/mol. The van der Waals surface area contributed by atoms with Gasteiger partial charge >= 0.3 is 0 Å². The summed E-state index contributed by atoms with van der Waals surface area (Å²) in [7, 11) is 0. The van der Waals surface area contributed by atoms with E-state index in [-0.39, 0.29) is 42.4 Å². The van der Waals surface area contributed by atoms with Crippen molar-refractivity contribution >= 4 is 29.5 Å². The lowest BCUT2D eigenvalue weighted by molar-refractivity contribution is -0.153. The van der Waals surface area contributed by atoms with Gasteiger partial charge in [-0.3, -0.25) is 28.9 Å². The Balaban J connectivity index is 1.53. The van der Waals surface area contributed by atoms with Gasteiger partial charge < -0.3 is 0 Å². The fourth-order valence-electron chi connectivity index (χ4n) is 3.47. The van der Waals surface area contributed by atoms with Crippen LogP contribution in [0, 0.1) is 11.8 Å². The Kier molecular flexibility index (Phi) is 4.11. The van der Waals surface area contributed by atoms with Gasteiger partial charge in [-0.15, -0.1) is 0 Å². The molecule has 2 fully saturated rings. The lowest BCUT2D eigenvalue weighted by Gasteiger charge is -2.31. The lowest BCUT2D eigenvalue weighted by atomic mass is 9.81. The molecule has 0 N–H and O–H groups in total.